The van der Waals surface area contributed by atoms with Gasteiger partial charge in [0.1, 0.15) is 17.2 Å². The number of hydrogen-bond acceptors (Lipinski definition) is 7. The van der Waals surface area contributed by atoms with Crippen molar-refractivity contribution in [2.45, 2.75) is 89.8 Å². The summed E-state index contributed by atoms with van der Waals surface area (Å²) in [5.74, 6) is 2.49. The van der Waals surface area contributed by atoms with Crippen LogP contribution in [0.4, 0.5) is 17.2 Å². The SMILES string of the molecule is COc1ccc(CN(c2ccccc2)c2cc(NC3CCC(CC(=O)OC(C)(C)C)CC3)nn3c(C4CC4)cnc23)cc1. The molecule has 2 aromatic carbocycles. The third kappa shape index (κ3) is 7.12. The van der Waals surface area contributed by atoms with E-state index in [1.165, 1.54) is 24.1 Å². The van der Waals surface area contributed by atoms with Crippen molar-refractivity contribution in [3.63, 3.8) is 0 Å². The van der Waals surface area contributed by atoms with E-state index < -0.39 is 5.60 Å². The van der Waals surface area contributed by atoms with E-state index in [2.05, 4.69) is 57.2 Å². The van der Waals surface area contributed by atoms with Gasteiger partial charge in [0.25, 0.3) is 0 Å². The first-order chi connectivity index (χ1) is 20.8. The molecule has 2 aliphatic carbocycles. The molecule has 1 N–H and O–H groups in total. The quantitative estimate of drug-likeness (QED) is 0.193. The molecule has 6 rings (SSSR count). The standard InChI is InChI=1S/C35H43N5O3/c1-35(2,3)43-33(41)20-24-10-16-27(17-11-24)37-32-21-30(34-36-22-31(26-14-15-26)40(34)38-32)39(28-8-6-5-7-9-28)23-25-12-18-29(42-4)19-13-25/h5-9,12-13,18-19,21-22,24,26-27H,10-11,14-17,20,23H2,1-4H3,(H,37,38). The molecule has 2 aliphatic rings. The largest absolute Gasteiger partial charge is 0.497 e. The molecule has 0 aliphatic heterocycles. The minimum Gasteiger partial charge on any atom is -0.497 e. The summed E-state index contributed by atoms with van der Waals surface area (Å²) in [6, 6.07) is 21.2. The molecule has 0 atom stereocenters. The maximum Gasteiger partial charge on any atom is 0.306 e. The summed E-state index contributed by atoms with van der Waals surface area (Å²) in [5.41, 5.74) is 4.89. The van der Waals surface area contributed by atoms with Crippen LogP contribution in [-0.2, 0) is 16.1 Å². The van der Waals surface area contributed by atoms with Gasteiger partial charge >= 0.3 is 5.97 Å². The number of nitrogens with zero attached hydrogens (tertiary/aromatic N) is 4. The van der Waals surface area contributed by atoms with Crippen molar-refractivity contribution in [2.75, 3.05) is 17.3 Å². The molecule has 4 aromatic rings. The molecule has 226 valence electrons. The summed E-state index contributed by atoms with van der Waals surface area (Å²) in [6.45, 7) is 6.45. The number of anilines is 3. The van der Waals surface area contributed by atoms with E-state index in [1.54, 1.807) is 7.11 Å². The second-order valence-corrected chi connectivity index (χ2v) is 13.0. The number of carbonyl (C=O) groups excluding carboxylic acids is 1. The van der Waals surface area contributed by atoms with E-state index in [0.717, 1.165) is 54.3 Å². The number of carbonyl (C=O) groups is 1. The lowest BCUT2D eigenvalue weighted by Gasteiger charge is -2.30. The smallest absolute Gasteiger partial charge is 0.306 e. The summed E-state index contributed by atoms with van der Waals surface area (Å²) in [7, 11) is 1.69. The van der Waals surface area contributed by atoms with Crippen molar-refractivity contribution in [3.05, 3.63) is 78.1 Å². The lowest BCUT2D eigenvalue weighted by atomic mass is 9.84. The Kier molecular flexibility index (Phi) is 8.28. The Hall–Kier alpha value is -4.07. The summed E-state index contributed by atoms with van der Waals surface area (Å²) < 4.78 is 13.0. The molecule has 2 fully saturated rings. The molecule has 0 spiro atoms. The van der Waals surface area contributed by atoms with Crippen molar-refractivity contribution in [1.29, 1.82) is 0 Å². The molecule has 0 unspecified atom stereocenters. The van der Waals surface area contributed by atoms with Gasteiger partial charge in [-0.2, -0.15) is 0 Å². The minimum atomic E-state index is -0.439. The lowest BCUT2D eigenvalue weighted by molar-refractivity contribution is -0.156. The average Bonchev–Trinajstić information content (AvgIpc) is 3.75. The topological polar surface area (TPSA) is 81.0 Å². The number of benzene rings is 2. The van der Waals surface area contributed by atoms with Crippen LogP contribution in [-0.4, -0.2) is 39.3 Å². The molecule has 0 bridgehead atoms. The molecule has 2 saturated carbocycles. The van der Waals surface area contributed by atoms with Crippen molar-refractivity contribution < 1.29 is 14.3 Å². The van der Waals surface area contributed by atoms with Crippen LogP contribution in [0, 0.1) is 5.92 Å². The number of ether oxygens (including phenoxy) is 2. The third-order valence-corrected chi connectivity index (χ3v) is 8.40. The van der Waals surface area contributed by atoms with Gasteiger partial charge in [0.2, 0.25) is 0 Å². The number of esters is 1. The molecule has 0 saturated heterocycles. The molecule has 8 heteroatoms. The number of imidazole rings is 1. The molecule has 2 heterocycles. The van der Waals surface area contributed by atoms with Crippen molar-refractivity contribution in [1.82, 2.24) is 14.6 Å². The first kappa shape index (κ1) is 29.0. The molecule has 2 aromatic heterocycles. The van der Waals surface area contributed by atoms with Gasteiger partial charge in [0.15, 0.2) is 5.65 Å². The monoisotopic (exact) mass is 581 g/mol. The fourth-order valence-electron chi connectivity index (χ4n) is 6.07. The zero-order chi connectivity index (χ0) is 30.0. The Labute approximate surface area is 254 Å². The van der Waals surface area contributed by atoms with E-state index in [9.17, 15) is 4.79 Å². The van der Waals surface area contributed by atoms with Crippen molar-refractivity contribution in [3.8, 4) is 5.75 Å². The van der Waals surface area contributed by atoms with Gasteiger partial charge in [0, 0.05) is 36.7 Å². The first-order valence-electron chi connectivity index (χ1n) is 15.6. The van der Waals surface area contributed by atoms with Gasteiger partial charge in [-0.1, -0.05) is 30.3 Å². The number of hydrogen-bond donors (Lipinski definition) is 1. The average molecular weight is 582 g/mol. The van der Waals surface area contributed by atoms with Gasteiger partial charge in [-0.05, 0) is 95.0 Å². The van der Waals surface area contributed by atoms with Gasteiger partial charge in [-0.25, -0.2) is 9.50 Å². The van der Waals surface area contributed by atoms with Gasteiger partial charge in [-0.3, -0.25) is 4.79 Å². The van der Waals surface area contributed by atoms with Crippen LogP contribution < -0.4 is 15.0 Å². The first-order valence-corrected chi connectivity index (χ1v) is 15.6. The summed E-state index contributed by atoms with van der Waals surface area (Å²) in [5, 5.41) is 8.86. The highest BCUT2D eigenvalue weighted by molar-refractivity contribution is 5.78. The summed E-state index contributed by atoms with van der Waals surface area (Å²) in [4.78, 5) is 19.6. The van der Waals surface area contributed by atoms with Gasteiger partial charge < -0.3 is 19.7 Å². The second kappa shape index (κ2) is 12.3. The van der Waals surface area contributed by atoms with Crippen LogP contribution in [0.2, 0.25) is 0 Å². The van der Waals surface area contributed by atoms with Crippen LogP contribution in [0.1, 0.15) is 82.9 Å². The number of rotatable bonds is 10. The van der Waals surface area contributed by atoms with E-state index >= 15 is 0 Å². The molecular weight excluding hydrogens is 538 g/mol. The molecular formula is C35H43N5O3. The molecule has 8 nitrogen and oxygen atoms in total. The van der Waals surface area contributed by atoms with Crippen LogP contribution in [0.5, 0.6) is 5.75 Å². The predicted octanol–water partition coefficient (Wildman–Crippen LogP) is 7.66. The molecule has 0 radical (unpaired) electrons. The second-order valence-electron chi connectivity index (χ2n) is 13.0. The highest BCUT2D eigenvalue weighted by Crippen LogP contribution is 2.42. The number of aromatic nitrogens is 3. The van der Waals surface area contributed by atoms with Crippen LogP contribution >= 0.6 is 0 Å². The number of fused-ring (bicyclic) bond motifs is 1. The zero-order valence-electron chi connectivity index (χ0n) is 25.8. The fraction of sp³-hybridized carbons (Fsp3) is 0.457. The normalized spacial score (nSPS) is 18.8. The summed E-state index contributed by atoms with van der Waals surface area (Å²) in [6.07, 6.45) is 8.85. The lowest BCUT2D eigenvalue weighted by Crippen LogP contribution is -2.30. The zero-order valence-corrected chi connectivity index (χ0v) is 25.8. The van der Waals surface area contributed by atoms with Crippen molar-refractivity contribution >= 4 is 28.8 Å². The van der Waals surface area contributed by atoms with Crippen molar-refractivity contribution in [2.24, 2.45) is 5.92 Å². The number of para-hydroxylation sites is 1. The Morgan fingerprint density at radius 2 is 1.72 bits per heavy atom. The van der Waals surface area contributed by atoms with Crippen LogP contribution in [0.25, 0.3) is 5.65 Å². The maximum atomic E-state index is 12.4. The molecule has 0 amide bonds. The Bertz CT molecular complexity index is 1530. The Morgan fingerprint density at radius 1 is 1.00 bits per heavy atom. The highest BCUT2D eigenvalue weighted by Gasteiger charge is 2.30. The maximum absolute atomic E-state index is 12.4. The van der Waals surface area contributed by atoms with Crippen LogP contribution in [0.3, 0.4) is 0 Å². The van der Waals surface area contributed by atoms with Gasteiger partial charge in [-0.15, -0.1) is 5.10 Å². The Balaban J connectivity index is 1.27. The van der Waals surface area contributed by atoms with E-state index in [4.69, 9.17) is 19.6 Å². The minimum absolute atomic E-state index is 0.0914. The summed E-state index contributed by atoms with van der Waals surface area (Å²) >= 11 is 0. The Morgan fingerprint density at radius 3 is 2.37 bits per heavy atom. The number of methoxy groups -OCH3 is 1. The van der Waals surface area contributed by atoms with E-state index in [0.29, 0.717) is 30.8 Å². The predicted molar refractivity (Wildman–Crippen MR) is 170 cm³/mol. The van der Waals surface area contributed by atoms with Crippen LogP contribution in [0.15, 0.2) is 66.9 Å². The van der Waals surface area contributed by atoms with Gasteiger partial charge in [0.05, 0.1) is 24.7 Å². The molecule has 43 heavy (non-hydrogen) atoms. The van der Waals surface area contributed by atoms with E-state index in [-0.39, 0.29) is 5.97 Å². The number of nitrogens with one attached hydrogen (secondary N) is 1. The van der Waals surface area contributed by atoms with E-state index in [1.807, 2.05) is 45.2 Å². The fourth-order valence-corrected chi connectivity index (χ4v) is 6.07. The third-order valence-electron chi connectivity index (χ3n) is 8.40. The highest BCUT2D eigenvalue weighted by atomic mass is 16.6.